The van der Waals surface area contributed by atoms with Crippen molar-refractivity contribution < 1.29 is 4.74 Å². The standard InChI is InChI=1S/C11H22N2O/c12-8-11-4-5-13(11)6-7-14-9-10-2-1-3-10/h10-11H,1-9,12H2. The van der Waals surface area contributed by atoms with Gasteiger partial charge in [-0.3, -0.25) is 4.90 Å². The van der Waals surface area contributed by atoms with Gasteiger partial charge in [0.2, 0.25) is 0 Å². The lowest BCUT2D eigenvalue weighted by molar-refractivity contribution is 0.0219. The predicted octanol–water partition coefficient (Wildman–Crippen LogP) is 0.836. The molecular weight excluding hydrogens is 176 g/mol. The van der Waals surface area contributed by atoms with E-state index in [0.29, 0.717) is 6.04 Å². The minimum atomic E-state index is 0.641. The number of nitrogens with two attached hydrogens (primary N) is 1. The maximum Gasteiger partial charge on any atom is 0.0593 e. The molecule has 0 bridgehead atoms. The third kappa shape index (κ3) is 2.47. The maximum atomic E-state index is 5.65. The highest BCUT2D eigenvalue weighted by molar-refractivity contribution is 4.82. The second-order valence-corrected chi connectivity index (χ2v) is 4.59. The molecule has 2 rings (SSSR count). The fraction of sp³-hybridized carbons (Fsp3) is 1.00. The van der Waals surface area contributed by atoms with Gasteiger partial charge in [0.05, 0.1) is 6.61 Å². The first-order valence-electron chi connectivity index (χ1n) is 5.92. The van der Waals surface area contributed by atoms with E-state index in [0.717, 1.165) is 32.2 Å². The van der Waals surface area contributed by atoms with Crippen LogP contribution in [0, 0.1) is 5.92 Å². The largest absolute Gasteiger partial charge is 0.380 e. The summed E-state index contributed by atoms with van der Waals surface area (Å²) in [7, 11) is 0. The molecule has 1 unspecified atom stereocenters. The van der Waals surface area contributed by atoms with Gasteiger partial charge in [-0.2, -0.15) is 0 Å². The Hall–Kier alpha value is -0.120. The second kappa shape index (κ2) is 5.10. The molecule has 0 spiro atoms. The molecule has 0 amide bonds. The smallest absolute Gasteiger partial charge is 0.0593 e. The summed E-state index contributed by atoms with van der Waals surface area (Å²) in [6.45, 7) is 4.99. The van der Waals surface area contributed by atoms with Gasteiger partial charge >= 0.3 is 0 Å². The van der Waals surface area contributed by atoms with E-state index in [2.05, 4.69) is 4.90 Å². The number of hydrogen-bond donors (Lipinski definition) is 1. The first-order valence-corrected chi connectivity index (χ1v) is 5.92. The van der Waals surface area contributed by atoms with Crippen LogP contribution in [0.4, 0.5) is 0 Å². The monoisotopic (exact) mass is 198 g/mol. The number of hydrogen-bond acceptors (Lipinski definition) is 3. The Morgan fingerprint density at radius 3 is 2.64 bits per heavy atom. The molecule has 1 aliphatic carbocycles. The Bertz CT molecular complexity index is 169. The SMILES string of the molecule is NCC1CCN1CCOCC1CCC1. The number of ether oxygens (including phenoxy) is 1. The molecule has 1 atom stereocenters. The summed E-state index contributed by atoms with van der Waals surface area (Å²) in [5.74, 6) is 0.872. The molecule has 82 valence electrons. The normalized spacial score (nSPS) is 28.5. The maximum absolute atomic E-state index is 5.65. The van der Waals surface area contributed by atoms with Gasteiger partial charge in [-0.1, -0.05) is 6.42 Å². The van der Waals surface area contributed by atoms with Gasteiger partial charge in [0.25, 0.3) is 0 Å². The van der Waals surface area contributed by atoms with Crippen LogP contribution in [0.1, 0.15) is 25.7 Å². The molecule has 14 heavy (non-hydrogen) atoms. The zero-order chi connectivity index (χ0) is 9.80. The van der Waals surface area contributed by atoms with Crippen LogP contribution in [0.15, 0.2) is 0 Å². The summed E-state index contributed by atoms with van der Waals surface area (Å²) in [6.07, 6.45) is 5.46. The predicted molar refractivity (Wildman–Crippen MR) is 57.2 cm³/mol. The molecule has 2 N–H and O–H groups in total. The minimum Gasteiger partial charge on any atom is -0.380 e. The Morgan fingerprint density at radius 1 is 1.29 bits per heavy atom. The van der Waals surface area contributed by atoms with Crippen LogP contribution in [-0.4, -0.2) is 43.8 Å². The first-order chi connectivity index (χ1) is 6.90. The van der Waals surface area contributed by atoms with Crippen LogP contribution in [0.5, 0.6) is 0 Å². The zero-order valence-corrected chi connectivity index (χ0v) is 8.95. The van der Waals surface area contributed by atoms with Crippen molar-refractivity contribution in [1.82, 2.24) is 4.90 Å². The first kappa shape index (κ1) is 10.4. The molecule has 3 nitrogen and oxygen atoms in total. The van der Waals surface area contributed by atoms with Gasteiger partial charge in [0, 0.05) is 32.3 Å². The third-order valence-corrected chi connectivity index (χ3v) is 3.64. The molecule has 0 aromatic carbocycles. The molecule has 3 heteroatoms. The topological polar surface area (TPSA) is 38.5 Å². The fourth-order valence-electron chi connectivity index (χ4n) is 2.15. The average Bonchev–Trinajstić information content (AvgIpc) is 2.06. The summed E-state index contributed by atoms with van der Waals surface area (Å²) in [5.41, 5.74) is 5.62. The van der Waals surface area contributed by atoms with Crippen molar-refractivity contribution in [3.8, 4) is 0 Å². The van der Waals surface area contributed by atoms with Crippen LogP contribution < -0.4 is 5.73 Å². The van der Waals surface area contributed by atoms with Gasteiger partial charge in [0.15, 0.2) is 0 Å². The van der Waals surface area contributed by atoms with Gasteiger partial charge in [0.1, 0.15) is 0 Å². The lowest BCUT2D eigenvalue weighted by atomic mass is 9.86. The van der Waals surface area contributed by atoms with Crippen molar-refractivity contribution in [3.05, 3.63) is 0 Å². The summed E-state index contributed by atoms with van der Waals surface area (Å²) in [5, 5.41) is 0. The minimum absolute atomic E-state index is 0.641. The van der Waals surface area contributed by atoms with Crippen molar-refractivity contribution in [2.75, 3.05) is 32.8 Å². The molecule has 0 aromatic heterocycles. The van der Waals surface area contributed by atoms with Gasteiger partial charge in [-0.05, 0) is 25.2 Å². The number of nitrogens with zero attached hydrogens (tertiary/aromatic N) is 1. The molecule has 2 aliphatic rings. The van der Waals surface area contributed by atoms with E-state index in [1.54, 1.807) is 0 Å². The quantitative estimate of drug-likeness (QED) is 0.643. The van der Waals surface area contributed by atoms with Gasteiger partial charge < -0.3 is 10.5 Å². The van der Waals surface area contributed by atoms with Crippen molar-refractivity contribution >= 4 is 0 Å². The summed E-state index contributed by atoms with van der Waals surface area (Å²) in [4.78, 5) is 2.43. The molecule has 2 fully saturated rings. The Labute approximate surface area is 86.6 Å². The Morgan fingerprint density at radius 2 is 2.14 bits per heavy atom. The average molecular weight is 198 g/mol. The summed E-state index contributed by atoms with van der Waals surface area (Å²) in [6, 6.07) is 0.641. The fourth-order valence-corrected chi connectivity index (χ4v) is 2.15. The lowest BCUT2D eigenvalue weighted by Crippen LogP contribution is -2.52. The van der Waals surface area contributed by atoms with Gasteiger partial charge in [-0.25, -0.2) is 0 Å². The highest BCUT2D eigenvalue weighted by atomic mass is 16.5. The lowest BCUT2D eigenvalue weighted by Gasteiger charge is -2.40. The van der Waals surface area contributed by atoms with E-state index in [9.17, 15) is 0 Å². The van der Waals surface area contributed by atoms with Crippen LogP contribution in [0.3, 0.4) is 0 Å². The third-order valence-electron chi connectivity index (χ3n) is 3.64. The molecule has 1 heterocycles. The summed E-state index contributed by atoms with van der Waals surface area (Å²) < 4.78 is 5.65. The molecule has 1 aliphatic heterocycles. The second-order valence-electron chi connectivity index (χ2n) is 4.59. The van der Waals surface area contributed by atoms with Crippen molar-refractivity contribution in [1.29, 1.82) is 0 Å². The number of likely N-dealkylation sites (tertiary alicyclic amines) is 1. The van der Waals surface area contributed by atoms with E-state index in [1.165, 1.54) is 32.2 Å². The van der Waals surface area contributed by atoms with Crippen molar-refractivity contribution in [2.45, 2.75) is 31.7 Å². The zero-order valence-electron chi connectivity index (χ0n) is 8.95. The summed E-state index contributed by atoms with van der Waals surface area (Å²) >= 11 is 0. The molecule has 1 saturated carbocycles. The molecular formula is C11H22N2O. The molecule has 0 aromatic rings. The van der Waals surface area contributed by atoms with Crippen molar-refractivity contribution in [2.24, 2.45) is 11.7 Å². The number of rotatable bonds is 6. The van der Waals surface area contributed by atoms with Crippen LogP contribution in [-0.2, 0) is 4.74 Å². The van der Waals surface area contributed by atoms with Gasteiger partial charge in [-0.15, -0.1) is 0 Å². The van der Waals surface area contributed by atoms with E-state index >= 15 is 0 Å². The highest BCUT2D eigenvalue weighted by Crippen LogP contribution is 2.26. The van der Waals surface area contributed by atoms with E-state index in [-0.39, 0.29) is 0 Å². The van der Waals surface area contributed by atoms with Crippen LogP contribution in [0.25, 0.3) is 0 Å². The Balaban J connectivity index is 1.46. The van der Waals surface area contributed by atoms with E-state index < -0.39 is 0 Å². The van der Waals surface area contributed by atoms with Crippen LogP contribution >= 0.6 is 0 Å². The Kier molecular flexibility index (Phi) is 3.79. The van der Waals surface area contributed by atoms with Crippen LogP contribution in [0.2, 0.25) is 0 Å². The highest BCUT2D eigenvalue weighted by Gasteiger charge is 2.25. The van der Waals surface area contributed by atoms with Crippen molar-refractivity contribution in [3.63, 3.8) is 0 Å². The molecule has 1 saturated heterocycles. The van der Waals surface area contributed by atoms with E-state index in [4.69, 9.17) is 10.5 Å². The molecule has 0 radical (unpaired) electrons. The van der Waals surface area contributed by atoms with E-state index in [1.807, 2.05) is 0 Å².